The van der Waals surface area contributed by atoms with Gasteiger partial charge in [-0.1, -0.05) is 23.2 Å². The summed E-state index contributed by atoms with van der Waals surface area (Å²) < 4.78 is 1.60. The molecule has 2 heterocycles. The van der Waals surface area contributed by atoms with E-state index < -0.39 is 0 Å². The lowest BCUT2D eigenvalue weighted by molar-refractivity contribution is 1.14. The Morgan fingerprint density at radius 3 is 2.86 bits per heavy atom. The van der Waals surface area contributed by atoms with Gasteiger partial charge in [0.05, 0.1) is 5.02 Å². The van der Waals surface area contributed by atoms with Gasteiger partial charge in [-0.25, -0.2) is 4.98 Å². The third-order valence-electron chi connectivity index (χ3n) is 1.93. The maximum atomic E-state index is 8.85. The van der Waals surface area contributed by atoms with Gasteiger partial charge in [0.1, 0.15) is 11.7 Å². The van der Waals surface area contributed by atoms with Gasteiger partial charge in [0.25, 0.3) is 0 Å². The second kappa shape index (κ2) is 3.16. The summed E-state index contributed by atoms with van der Waals surface area (Å²) in [5, 5.41) is 9.61. The summed E-state index contributed by atoms with van der Waals surface area (Å²) in [6.45, 7) is 1.87. The number of imidazole rings is 1. The largest absolute Gasteiger partial charge is 0.288 e. The Hall–Kier alpha value is -1.24. The normalized spacial score (nSPS) is 10.4. The lowest BCUT2D eigenvalue weighted by Crippen LogP contribution is -1.90. The van der Waals surface area contributed by atoms with Gasteiger partial charge in [0, 0.05) is 6.20 Å². The van der Waals surface area contributed by atoms with E-state index in [1.54, 1.807) is 16.7 Å². The van der Waals surface area contributed by atoms with E-state index in [0.717, 1.165) is 5.56 Å². The zero-order valence-electron chi connectivity index (χ0n) is 7.25. The first-order chi connectivity index (χ1) is 6.63. The fraction of sp³-hybridized carbons (Fsp3) is 0.111. The van der Waals surface area contributed by atoms with Crippen molar-refractivity contribution >= 4 is 28.8 Å². The fourth-order valence-electron chi connectivity index (χ4n) is 1.34. The van der Waals surface area contributed by atoms with Crippen LogP contribution in [0.25, 0.3) is 5.65 Å². The van der Waals surface area contributed by atoms with Crippen molar-refractivity contribution in [1.29, 1.82) is 5.26 Å². The van der Waals surface area contributed by atoms with E-state index in [1.165, 1.54) is 0 Å². The zero-order chi connectivity index (χ0) is 10.3. The summed E-state index contributed by atoms with van der Waals surface area (Å²) in [5.41, 5.74) is 1.86. The first-order valence-corrected chi connectivity index (χ1v) is 4.63. The van der Waals surface area contributed by atoms with Crippen LogP contribution in [0.4, 0.5) is 0 Å². The molecule has 0 atom stereocenters. The Kier molecular flexibility index (Phi) is 2.10. The molecule has 0 saturated heterocycles. The van der Waals surface area contributed by atoms with E-state index in [2.05, 4.69) is 4.98 Å². The number of aryl methyl sites for hydroxylation is 1. The first kappa shape index (κ1) is 9.32. The predicted octanol–water partition coefficient (Wildman–Crippen LogP) is 2.82. The molecule has 0 aliphatic rings. The van der Waals surface area contributed by atoms with E-state index in [4.69, 9.17) is 28.5 Å². The number of fused-ring (bicyclic) bond motifs is 1. The topological polar surface area (TPSA) is 41.1 Å². The van der Waals surface area contributed by atoms with Crippen LogP contribution in [0.1, 0.15) is 11.3 Å². The van der Waals surface area contributed by atoms with Crippen LogP contribution in [-0.2, 0) is 0 Å². The van der Waals surface area contributed by atoms with Crippen LogP contribution in [0.2, 0.25) is 10.2 Å². The van der Waals surface area contributed by atoms with Gasteiger partial charge in [-0.2, -0.15) is 5.26 Å². The second-order valence-electron chi connectivity index (χ2n) is 2.90. The summed E-state index contributed by atoms with van der Waals surface area (Å²) in [7, 11) is 0. The predicted molar refractivity (Wildman–Crippen MR) is 54.7 cm³/mol. The molecule has 0 N–H and O–H groups in total. The molecule has 0 radical (unpaired) electrons. The van der Waals surface area contributed by atoms with Gasteiger partial charge in [0.15, 0.2) is 10.8 Å². The molecule has 0 spiro atoms. The van der Waals surface area contributed by atoms with E-state index >= 15 is 0 Å². The molecule has 14 heavy (non-hydrogen) atoms. The van der Waals surface area contributed by atoms with Crippen LogP contribution >= 0.6 is 23.2 Å². The van der Waals surface area contributed by atoms with E-state index in [9.17, 15) is 0 Å². The van der Waals surface area contributed by atoms with Gasteiger partial charge in [-0.3, -0.25) is 4.40 Å². The zero-order valence-corrected chi connectivity index (χ0v) is 8.76. The molecule has 0 aromatic carbocycles. The second-order valence-corrected chi connectivity index (χ2v) is 3.69. The van der Waals surface area contributed by atoms with Crippen molar-refractivity contribution in [1.82, 2.24) is 9.38 Å². The molecule has 0 bridgehead atoms. The van der Waals surface area contributed by atoms with Crippen molar-refractivity contribution in [3.8, 4) is 6.07 Å². The third kappa shape index (κ3) is 1.24. The van der Waals surface area contributed by atoms with Gasteiger partial charge in [-0.05, 0) is 18.6 Å². The maximum absolute atomic E-state index is 8.85. The van der Waals surface area contributed by atoms with Crippen LogP contribution in [0.3, 0.4) is 0 Å². The highest BCUT2D eigenvalue weighted by Crippen LogP contribution is 2.22. The minimum absolute atomic E-state index is 0.206. The third-order valence-corrected chi connectivity index (χ3v) is 2.40. The smallest absolute Gasteiger partial charge is 0.166 e. The Morgan fingerprint density at radius 2 is 2.21 bits per heavy atom. The van der Waals surface area contributed by atoms with Crippen molar-refractivity contribution in [3.05, 3.63) is 33.7 Å². The first-order valence-electron chi connectivity index (χ1n) is 3.87. The highest BCUT2D eigenvalue weighted by atomic mass is 35.5. The van der Waals surface area contributed by atoms with E-state index in [-0.39, 0.29) is 5.15 Å². The molecule has 2 aromatic heterocycles. The molecule has 70 valence electrons. The average Bonchev–Trinajstić information content (AvgIpc) is 2.41. The average molecular weight is 226 g/mol. The SMILES string of the molecule is Cc1cc(Cl)cn2c(C#N)c(Cl)nc12. The lowest BCUT2D eigenvalue weighted by atomic mass is 10.3. The summed E-state index contributed by atoms with van der Waals surface area (Å²) in [5.74, 6) is 0. The summed E-state index contributed by atoms with van der Waals surface area (Å²) in [6.07, 6.45) is 1.63. The van der Waals surface area contributed by atoms with Gasteiger partial charge >= 0.3 is 0 Å². The molecular formula is C9H5Cl2N3. The molecule has 0 saturated carbocycles. The molecule has 0 amide bonds. The van der Waals surface area contributed by atoms with Crippen LogP contribution < -0.4 is 0 Å². The molecule has 0 aliphatic carbocycles. The van der Waals surface area contributed by atoms with Gasteiger partial charge in [0.2, 0.25) is 0 Å². The van der Waals surface area contributed by atoms with Crippen LogP contribution in [0.5, 0.6) is 0 Å². The Balaban J connectivity index is 2.97. The molecule has 2 aromatic rings. The van der Waals surface area contributed by atoms with E-state index in [0.29, 0.717) is 16.4 Å². The van der Waals surface area contributed by atoms with E-state index in [1.807, 2.05) is 13.0 Å². The monoisotopic (exact) mass is 225 g/mol. The molecule has 5 heteroatoms. The van der Waals surface area contributed by atoms with Crippen LogP contribution in [0, 0.1) is 18.3 Å². The Labute approximate surface area is 90.5 Å². The van der Waals surface area contributed by atoms with Crippen molar-refractivity contribution in [2.45, 2.75) is 6.92 Å². The fourth-order valence-corrected chi connectivity index (χ4v) is 1.82. The quantitative estimate of drug-likeness (QED) is 0.692. The van der Waals surface area contributed by atoms with Crippen molar-refractivity contribution < 1.29 is 0 Å². The molecule has 0 aliphatic heterocycles. The number of hydrogen-bond donors (Lipinski definition) is 0. The molecule has 0 unspecified atom stereocenters. The van der Waals surface area contributed by atoms with Gasteiger partial charge in [-0.15, -0.1) is 0 Å². The number of pyridine rings is 1. The standard InChI is InChI=1S/C9H5Cl2N3/c1-5-2-6(10)4-14-7(3-12)8(11)13-9(5)14/h2,4H,1H3. The number of halogens is 2. The molecular weight excluding hydrogens is 221 g/mol. The highest BCUT2D eigenvalue weighted by molar-refractivity contribution is 6.31. The summed E-state index contributed by atoms with van der Waals surface area (Å²) in [6, 6.07) is 3.76. The lowest BCUT2D eigenvalue weighted by Gasteiger charge is -1.98. The minimum Gasteiger partial charge on any atom is -0.288 e. The minimum atomic E-state index is 0.206. The number of hydrogen-bond acceptors (Lipinski definition) is 2. The molecule has 3 nitrogen and oxygen atoms in total. The van der Waals surface area contributed by atoms with Crippen molar-refractivity contribution in [2.75, 3.05) is 0 Å². The number of aromatic nitrogens is 2. The molecule has 2 rings (SSSR count). The summed E-state index contributed by atoms with van der Waals surface area (Å²) in [4.78, 5) is 4.07. The number of nitrogens with zero attached hydrogens (tertiary/aromatic N) is 3. The summed E-state index contributed by atoms with van der Waals surface area (Å²) >= 11 is 11.7. The number of rotatable bonds is 0. The van der Waals surface area contributed by atoms with Crippen molar-refractivity contribution in [2.24, 2.45) is 0 Å². The maximum Gasteiger partial charge on any atom is 0.166 e. The van der Waals surface area contributed by atoms with Gasteiger partial charge < -0.3 is 0 Å². The Morgan fingerprint density at radius 1 is 1.50 bits per heavy atom. The van der Waals surface area contributed by atoms with Crippen LogP contribution in [0.15, 0.2) is 12.3 Å². The van der Waals surface area contributed by atoms with Crippen LogP contribution in [-0.4, -0.2) is 9.38 Å². The highest BCUT2D eigenvalue weighted by Gasteiger charge is 2.11. The van der Waals surface area contributed by atoms with Crippen molar-refractivity contribution in [3.63, 3.8) is 0 Å². The number of nitriles is 1. The molecule has 0 fully saturated rings. The Bertz CT molecular complexity index is 551.